The summed E-state index contributed by atoms with van der Waals surface area (Å²) in [5.41, 5.74) is 0. The highest BCUT2D eigenvalue weighted by Gasteiger charge is 1.71. The summed E-state index contributed by atoms with van der Waals surface area (Å²) in [6.45, 7) is 1.82. The van der Waals surface area contributed by atoms with Gasteiger partial charge in [0.1, 0.15) is 0 Å². The first-order chi connectivity index (χ1) is 2.41. The van der Waals surface area contributed by atoms with E-state index >= 15 is 0 Å². The Balaban J connectivity index is 0. The van der Waals surface area contributed by atoms with E-state index in [0.717, 1.165) is 12.8 Å². The molecule has 0 bridgehead atoms. The Morgan fingerprint density at radius 2 is 2.00 bits per heavy atom. The van der Waals surface area contributed by atoms with Crippen LogP contribution in [0.1, 0.15) is 19.8 Å². The zero-order valence-corrected chi connectivity index (χ0v) is 5.62. The maximum atomic E-state index is 11.0. The molecule has 6 heavy (non-hydrogen) atoms. The van der Waals surface area contributed by atoms with Crippen molar-refractivity contribution < 1.29 is 4.39 Å². The predicted octanol–water partition coefficient (Wildman–Crippen LogP) is 1.81. The van der Waals surface area contributed by atoms with Crippen molar-refractivity contribution in [2.75, 3.05) is 6.67 Å². The molecule has 1 atom stereocenters. The zero-order valence-electron chi connectivity index (χ0n) is 4.21. The molecule has 0 aromatic rings. The highest BCUT2D eigenvalue weighted by molar-refractivity contribution is 6.92. The fraction of sp³-hybridized carbons (Fsp3) is 1.00. The molecular weight excluding hydrogens is 98.0 g/mol. The van der Waals surface area contributed by atoms with E-state index in [4.69, 9.17) is 0 Å². The van der Waals surface area contributed by atoms with Crippen LogP contribution in [0.4, 0.5) is 4.39 Å². The van der Waals surface area contributed by atoms with Gasteiger partial charge in [-0.15, -0.1) is 0 Å². The Morgan fingerprint density at radius 3 is 2.00 bits per heavy atom. The van der Waals surface area contributed by atoms with Crippen LogP contribution < -0.4 is 0 Å². The molecular formula is C4H12FP. The van der Waals surface area contributed by atoms with Crippen molar-refractivity contribution >= 4 is 9.90 Å². The lowest BCUT2D eigenvalue weighted by molar-refractivity contribution is 0.469. The average Bonchev–Trinajstić information content (AvgIpc) is 1.41. The largest absolute Gasteiger partial charge is 0.251 e. The van der Waals surface area contributed by atoms with Crippen molar-refractivity contribution in [2.45, 2.75) is 19.8 Å². The first-order valence-electron chi connectivity index (χ1n) is 1.97. The van der Waals surface area contributed by atoms with E-state index in [2.05, 4.69) is 0 Å². The minimum absolute atomic E-state index is 0. The minimum Gasteiger partial charge on any atom is -0.251 e. The van der Waals surface area contributed by atoms with Gasteiger partial charge >= 0.3 is 0 Å². The molecule has 2 heteroatoms. The normalized spacial score (nSPS) is 7.00. The summed E-state index contributed by atoms with van der Waals surface area (Å²) in [5, 5.41) is 0. The second-order valence-electron chi connectivity index (χ2n) is 1.04. The second kappa shape index (κ2) is 9.03. The quantitative estimate of drug-likeness (QED) is 0.475. The molecule has 1 unspecified atom stereocenters. The number of rotatable bonds is 2. The third kappa shape index (κ3) is 8.84. The molecule has 0 aliphatic rings. The molecule has 0 aliphatic heterocycles. The second-order valence-corrected chi connectivity index (χ2v) is 1.04. The first-order valence-corrected chi connectivity index (χ1v) is 1.97. The minimum atomic E-state index is -0.156. The Labute approximate surface area is 41.8 Å². The summed E-state index contributed by atoms with van der Waals surface area (Å²) in [5.74, 6) is 0. The lowest BCUT2D eigenvalue weighted by atomic mass is 10.4. The summed E-state index contributed by atoms with van der Waals surface area (Å²) in [6.07, 6.45) is 1.69. The monoisotopic (exact) mass is 110 g/mol. The standard InChI is InChI=1S/C4H9F.H3P/c1-2-3-4-5;/h2-4H2,1H3;1H3. The van der Waals surface area contributed by atoms with Crippen LogP contribution in [-0.4, -0.2) is 6.67 Å². The van der Waals surface area contributed by atoms with Crippen LogP contribution in [0.15, 0.2) is 0 Å². The van der Waals surface area contributed by atoms with Gasteiger partial charge in [0.05, 0.1) is 6.67 Å². The van der Waals surface area contributed by atoms with Crippen LogP contribution in [0.2, 0.25) is 0 Å². The van der Waals surface area contributed by atoms with Gasteiger partial charge in [-0.3, -0.25) is 4.39 Å². The van der Waals surface area contributed by atoms with E-state index in [9.17, 15) is 4.39 Å². The van der Waals surface area contributed by atoms with Gasteiger partial charge < -0.3 is 0 Å². The van der Waals surface area contributed by atoms with Gasteiger partial charge in [0.15, 0.2) is 0 Å². The molecule has 0 aromatic heterocycles. The fourth-order valence-electron chi connectivity index (χ4n) is 0.134. The SMILES string of the molecule is CCCCF.P. The Bertz CT molecular complexity index is 15.0. The molecule has 0 amide bonds. The van der Waals surface area contributed by atoms with E-state index in [1.165, 1.54) is 0 Å². The highest BCUT2D eigenvalue weighted by Crippen LogP contribution is 1.83. The molecule has 0 aliphatic carbocycles. The molecule has 0 N–H and O–H groups in total. The van der Waals surface area contributed by atoms with Gasteiger partial charge in [0.25, 0.3) is 0 Å². The van der Waals surface area contributed by atoms with Gasteiger partial charge in [-0.25, -0.2) is 0 Å². The van der Waals surface area contributed by atoms with Crippen molar-refractivity contribution in [3.8, 4) is 0 Å². The first kappa shape index (κ1) is 9.61. The van der Waals surface area contributed by atoms with E-state index in [-0.39, 0.29) is 16.6 Å². The van der Waals surface area contributed by atoms with E-state index in [0.29, 0.717) is 0 Å². The zero-order chi connectivity index (χ0) is 4.12. The summed E-state index contributed by atoms with van der Waals surface area (Å²) in [7, 11) is 0. The Morgan fingerprint density at radius 1 is 1.50 bits per heavy atom. The van der Waals surface area contributed by atoms with Crippen molar-refractivity contribution in [3.63, 3.8) is 0 Å². The van der Waals surface area contributed by atoms with Crippen LogP contribution in [-0.2, 0) is 0 Å². The van der Waals surface area contributed by atoms with E-state index in [1.807, 2.05) is 6.92 Å². The average molecular weight is 110 g/mol. The van der Waals surface area contributed by atoms with Gasteiger partial charge in [0, 0.05) is 0 Å². The van der Waals surface area contributed by atoms with E-state index in [1.54, 1.807) is 0 Å². The van der Waals surface area contributed by atoms with Crippen LogP contribution in [0.5, 0.6) is 0 Å². The topological polar surface area (TPSA) is 0 Å². The lowest BCUT2D eigenvalue weighted by Gasteiger charge is -1.76. The Hall–Kier alpha value is 0.360. The molecule has 0 aromatic carbocycles. The maximum Gasteiger partial charge on any atom is 0.0894 e. The maximum absolute atomic E-state index is 11.0. The molecule has 0 radical (unpaired) electrons. The summed E-state index contributed by atoms with van der Waals surface area (Å²) < 4.78 is 11.0. The highest BCUT2D eigenvalue weighted by atomic mass is 31.0. The van der Waals surface area contributed by atoms with Crippen molar-refractivity contribution in [1.29, 1.82) is 0 Å². The van der Waals surface area contributed by atoms with Gasteiger partial charge in [-0.1, -0.05) is 13.3 Å². The third-order valence-electron chi connectivity index (χ3n) is 0.487. The predicted molar refractivity (Wildman–Crippen MR) is 32.0 cm³/mol. The van der Waals surface area contributed by atoms with Crippen molar-refractivity contribution in [3.05, 3.63) is 0 Å². The molecule has 0 nitrogen and oxygen atoms in total. The van der Waals surface area contributed by atoms with Crippen LogP contribution in [0, 0.1) is 0 Å². The number of unbranched alkanes of at least 4 members (excludes halogenated alkanes) is 1. The smallest absolute Gasteiger partial charge is 0.0894 e. The van der Waals surface area contributed by atoms with Crippen molar-refractivity contribution in [2.24, 2.45) is 0 Å². The van der Waals surface area contributed by atoms with Crippen LogP contribution in [0.25, 0.3) is 0 Å². The molecule has 0 saturated heterocycles. The van der Waals surface area contributed by atoms with Crippen LogP contribution in [0.3, 0.4) is 0 Å². The van der Waals surface area contributed by atoms with Crippen LogP contribution >= 0.6 is 9.90 Å². The summed E-state index contributed by atoms with van der Waals surface area (Å²) in [6, 6.07) is 0. The third-order valence-corrected chi connectivity index (χ3v) is 0.487. The Kier molecular flexibility index (Phi) is 14.5. The number of hydrogen-bond donors (Lipinski definition) is 0. The van der Waals surface area contributed by atoms with Gasteiger partial charge in [-0.05, 0) is 6.42 Å². The molecule has 0 rings (SSSR count). The van der Waals surface area contributed by atoms with E-state index < -0.39 is 0 Å². The molecule has 0 heterocycles. The lowest BCUT2D eigenvalue weighted by Crippen LogP contribution is -1.67. The number of hydrogen-bond acceptors (Lipinski definition) is 0. The van der Waals surface area contributed by atoms with Gasteiger partial charge in [0.2, 0.25) is 0 Å². The molecule has 0 saturated carbocycles. The number of alkyl halides is 1. The van der Waals surface area contributed by atoms with Crippen molar-refractivity contribution in [1.82, 2.24) is 0 Å². The molecule has 40 valence electrons. The fourth-order valence-corrected chi connectivity index (χ4v) is 0.134. The molecule has 0 fully saturated rings. The van der Waals surface area contributed by atoms with Gasteiger partial charge in [-0.2, -0.15) is 9.90 Å². The summed E-state index contributed by atoms with van der Waals surface area (Å²) in [4.78, 5) is 0. The molecule has 0 spiro atoms. The summed E-state index contributed by atoms with van der Waals surface area (Å²) >= 11 is 0. The number of halogens is 1.